The number of benzene rings is 1. The normalized spacial score (nSPS) is 24.1. The van der Waals surface area contributed by atoms with Gasteiger partial charge in [0.2, 0.25) is 0 Å². The van der Waals surface area contributed by atoms with Gasteiger partial charge in [-0.1, -0.05) is 30.3 Å². The van der Waals surface area contributed by atoms with Gasteiger partial charge in [-0.05, 0) is 29.5 Å². The summed E-state index contributed by atoms with van der Waals surface area (Å²) in [4.78, 5) is 11.9. The van der Waals surface area contributed by atoms with Gasteiger partial charge in [-0.15, -0.1) is 0 Å². The summed E-state index contributed by atoms with van der Waals surface area (Å²) < 4.78 is 0. The predicted molar refractivity (Wildman–Crippen MR) is 55.2 cm³/mol. The van der Waals surface area contributed by atoms with Gasteiger partial charge >= 0.3 is 0 Å². The second-order valence-electron chi connectivity index (χ2n) is 4.10. The van der Waals surface area contributed by atoms with Gasteiger partial charge in [-0.25, -0.2) is 0 Å². The molecule has 2 aliphatic carbocycles. The van der Waals surface area contributed by atoms with Crippen molar-refractivity contribution in [2.45, 2.75) is 25.2 Å². The Kier molecular flexibility index (Phi) is 1.60. The molecule has 0 saturated carbocycles. The number of Topliss-reactive ketones (excluding diaryl/α,β-unsaturated/α-hetero) is 1. The minimum Gasteiger partial charge on any atom is -0.294 e. The predicted octanol–water partition coefficient (Wildman–Crippen LogP) is 2.62. The average Bonchev–Trinajstić information content (AvgIpc) is 2.18. The molecule has 0 aliphatic heterocycles. The number of hydrogen-bond donors (Lipinski definition) is 0. The molecule has 0 N–H and O–H groups in total. The van der Waals surface area contributed by atoms with Crippen molar-refractivity contribution >= 4 is 5.78 Å². The number of rotatable bonds is 0. The summed E-state index contributed by atoms with van der Waals surface area (Å²) in [6, 6.07) is 8.36. The second-order valence-corrected chi connectivity index (χ2v) is 4.10. The van der Waals surface area contributed by atoms with Crippen LogP contribution >= 0.6 is 0 Å². The van der Waals surface area contributed by atoms with Gasteiger partial charge in [0.25, 0.3) is 0 Å². The molecule has 0 saturated heterocycles. The molecule has 1 nitrogen and oxygen atoms in total. The van der Waals surface area contributed by atoms with Crippen molar-refractivity contribution < 1.29 is 4.79 Å². The van der Waals surface area contributed by atoms with E-state index in [2.05, 4.69) is 24.3 Å². The zero-order valence-corrected chi connectivity index (χ0v) is 7.99. The van der Waals surface area contributed by atoms with Gasteiger partial charge in [0.05, 0.1) is 0 Å². The van der Waals surface area contributed by atoms with Gasteiger partial charge < -0.3 is 0 Å². The van der Waals surface area contributed by atoms with E-state index in [4.69, 9.17) is 0 Å². The fraction of sp³-hybridized carbons (Fsp3) is 0.308. The quantitative estimate of drug-likeness (QED) is 0.605. The highest BCUT2D eigenvalue weighted by molar-refractivity contribution is 6.03. The number of carbonyl (C=O) groups is 1. The lowest BCUT2D eigenvalue weighted by Gasteiger charge is -2.29. The van der Waals surface area contributed by atoms with Crippen LogP contribution in [0.1, 0.15) is 29.9 Å². The van der Waals surface area contributed by atoms with Crippen LogP contribution in [-0.2, 0) is 11.2 Å². The van der Waals surface area contributed by atoms with Crippen LogP contribution in [0.15, 0.2) is 35.9 Å². The topological polar surface area (TPSA) is 17.1 Å². The second kappa shape index (κ2) is 2.81. The molecule has 0 amide bonds. The zero-order valence-electron chi connectivity index (χ0n) is 7.99. The molecule has 0 spiro atoms. The molecule has 0 radical (unpaired) electrons. The summed E-state index contributed by atoms with van der Waals surface area (Å²) in [5, 5.41) is 0. The molecule has 1 unspecified atom stereocenters. The van der Waals surface area contributed by atoms with Gasteiger partial charge in [-0.2, -0.15) is 0 Å². The largest absolute Gasteiger partial charge is 0.294 e. The highest BCUT2D eigenvalue weighted by Crippen LogP contribution is 2.38. The monoisotopic (exact) mass is 184 g/mol. The molecule has 0 aromatic heterocycles. The maximum atomic E-state index is 11.9. The van der Waals surface area contributed by atoms with Gasteiger partial charge in [0, 0.05) is 12.3 Å². The Labute approximate surface area is 83.4 Å². The Bertz CT molecular complexity index is 429. The molecule has 70 valence electrons. The van der Waals surface area contributed by atoms with E-state index in [1.54, 1.807) is 0 Å². The molecule has 2 bridgehead atoms. The number of carbonyl (C=O) groups excluding carboxylic acids is 1. The van der Waals surface area contributed by atoms with Crippen LogP contribution in [0.4, 0.5) is 0 Å². The first kappa shape index (κ1) is 7.98. The summed E-state index contributed by atoms with van der Waals surface area (Å²) in [5.74, 6) is 0.537. The third kappa shape index (κ3) is 0.985. The molecule has 3 rings (SSSR count). The fourth-order valence-electron chi connectivity index (χ4n) is 2.58. The van der Waals surface area contributed by atoms with Gasteiger partial charge in [0.1, 0.15) is 0 Å². The van der Waals surface area contributed by atoms with Gasteiger partial charge in [-0.3, -0.25) is 4.79 Å². The van der Waals surface area contributed by atoms with E-state index in [0.717, 1.165) is 24.8 Å². The van der Waals surface area contributed by atoms with Crippen molar-refractivity contribution in [2.24, 2.45) is 0 Å². The van der Waals surface area contributed by atoms with Crippen molar-refractivity contribution in [2.75, 3.05) is 0 Å². The van der Waals surface area contributed by atoms with E-state index < -0.39 is 0 Å². The van der Waals surface area contributed by atoms with E-state index in [1.165, 1.54) is 11.1 Å². The molecule has 0 fully saturated rings. The Balaban J connectivity index is 2.20. The maximum Gasteiger partial charge on any atom is 0.166 e. The number of hydrogen-bond acceptors (Lipinski definition) is 1. The number of allylic oxidation sites excluding steroid dienone is 2. The third-order valence-electron chi connectivity index (χ3n) is 3.29. The molecule has 2 aliphatic rings. The Morgan fingerprint density at radius 3 is 3.00 bits per heavy atom. The van der Waals surface area contributed by atoms with Crippen molar-refractivity contribution in [3.05, 3.63) is 47.0 Å². The summed E-state index contributed by atoms with van der Waals surface area (Å²) in [7, 11) is 0. The maximum absolute atomic E-state index is 11.9. The highest BCUT2D eigenvalue weighted by atomic mass is 16.1. The van der Waals surface area contributed by atoms with Crippen LogP contribution in [0.2, 0.25) is 0 Å². The Morgan fingerprint density at radius 1 is 1.21 bits per heavy atom. The SMILES string of the molecule is O=C1C2=CCCC1c1ccccc1C2. The van der Waals surface area contributed by atoms with E-state index >= 15 is 0 Å². The number of fused-ring (bicyclic) bond motifs is 4. The summed E-state index contributed by atoms with van der Waals surface area (Å²) in [6.45, 7) is 0. The lowest BCUT2D eigenvalue weighted by molar-refractivity contribution is -0.117. The van der Waals surface area contributed by atoms with E-state index in [1.807, 2.05) is 6.07 Å². The van der Waals surface area contributed by atoms with Crippen molar-refractivity contribution in [3.63, 3.8) is 0 Å². The molecule has 0 heterocycles. The molecule has 1 aromatic carbocycles. The van der Waals surface area contributed by atoms with Crippen LogP contribution < -0.4 is 0 Å². The minimum atomic E-state index is 0.167. The third-order valence-corrected chi connectivity index (χ3v) is 3.29. The molecule has 1 atom stereocenters. The van der Waals surface area contributed by atoms with E-state index in [0.29, 0.717) is 5.78 Å². The molecule has 1 heteroatoms. The zero-order chi connectivity index (χ0) is 9.54. The summed E-state index contributed by atoms with van der Waals surface area (Å²) in [6.07, 6.45) is 5.04. The molecular formula is C13H12O. The van der Waals surface area contributed by atoms with E-state index in [-0.39, 0.29) is 5.92 Å². The Morgan fingerprint density at radius 2 is 2.07 bits per heavy atom. The first-order valence-corrected chi connectivity index (χ1v) is 5.17. The minimum absolute atomic E-state index is 0.167. The van der Waals surface area contributed by atoms with Crippen molar-refractivity contribution in [1.29, 1.82) is 0 Å². The lowest BCUT2D eigenvalue weighted by Crippen LogP contribution is -2.25. The molecule has 14 heavy (non-hydrogen) atoms. The fourth-order valence-corrected chi connectivity index (χ4v) is 2.58. The lowest BCUT2D eigenvalue weighted by atomic mass is 9.73. The number of ketones is 1. The summed E-state index contributed by atoms with van der Waals surface area (Å²) >= 11 is 0. The standard InChI is InChI=1S/C13H12O/c14-13-10-5-3-7-12(13)11-6-2-1-4-9(11)8-10/h1-2,4-6,12H,3,7-8H2. The molecule has 1 aromatic rings. The van der Waals surface area contributed by atoms with Crippen molar-refractivity contribution in [1.82, 2.24) is 0 Å². The van der Waals surface area contributed by atoms with Crippen LogP contribution in [0, 0.1) is 0 Å². The van der Waals surface area contributed by atoms with Crippen LogP contribution in [-0.4, -0.2) is 5.78 Å². The van der Waals surface area contributed by atoms with Crippen LogP contribution in [0.3, 0.4) is 0 Å². The highest BCUT2D eigenvalue weighted by Gasteiger charge is 2.32. The first-order chi connectivity index (χ1) is 6.86. The smallest absolute Gasteiger partial charge is 0.166 e. The van der Waals surface area contributed by atoms with Crippen molar-refractivity contribution in [3.8, 4) is 0 Å². The average molecular weight is 184 g/mol. The summed E-state index contributed by atoms with van der Waals surface area (Å²) in [5.41, 5.74) is 3.66. The first-order valence-electron chi connectivity index (χ1n) is 5.17. The van der Waals surface area contributed by atoms with Gasteiger partial charge in [0.15, 0.2) is 5.78 Å². The van der Waals surface area contributed by atoms with Crippen LogP contribution in [0.25, 0.3) is 0 Å². The molecular weight excluding hydrogens is 172 g/mol. The van der Waals surface area contributed by atoms with E-state index in [9.17, 15) is 4.79 Å². The van der Waals surface area contributed by atoms with Crippen LogP contribution in [0.5, 0.6) is 0 Å². The Hall–Kier alpha value is -1.37.